The van der Waals surface area contributed by atoms with Gasteiger partial charge in [0.05, 0.1) is 38.5 Å². The standard InChI is InChI=1S/C52H60N6O7/c1-27(2)47(55-51(61)63-5)49(59)57-43-21-36(43)23-45(57)41-19-39(25-53-41)31-9-7-30(8-10-31)32-11-12-34-18-35(14-13-33(34)17-32)40-20-42(54-26-40)46-24-37-22-44(37)58(46)50(60)48(56-52(62)64-6)38-15-28(3)65-29(4)16-38/h7-14,17-18,25-29,36-38,43-48H,15-16,19-24H2,1-6H3,(H,55,61)(H,56,62)/t28-,29+,36-,37-,38?,43-,44-,45+,46+,47+,48?/m1/s1. The fourth-order valence-corrected chi connectivity index (χ4v) is 11.6. The number of ether oxygens (including phenoxy) is 3. The van der Waals surface area contributed by atoms with Gasteiger partial charge in [-0.25, -0.2) is 9.59 Å². The SMILES string of the molecule is COC(=O)NC(C(=O)N1[C@@H]2C[C@@H]2C[C@H]1C1=NC=C(c2ccc3cc(-c4ccc(C5=CN=C([C@@H]6C[C@H]7C[C@H]7N6C(=O)[C@@H](NC(=O)OC)C(C)C)C5)cc4)ccc3c2)C1)C1C[C@@H](C)O[C@@H](C)C1. The topological polar surface area (TPSA) is 151 Å². The van der Waals surface area contributed by atoms with Gasteiger partial charge in [0.1, 0.15) is 12.1 Å². The predicted octanol–water partition coefficient (Wildman–Crippen LogP) is 8.17. The average molecular weight is 881 g/mol. The van der Waals surface area contributed by atoms with Gasteiger partial charge >= 0.3 is 12.2 Å². The third-order valence-electron chi connectivity index (χ3n) is 15.1. The van der Waals surface area contributed by atoms with Gasteiger partial charge in [-0.3, -0.25) is 19.6 Å². The zero-order chi connectivity index (χ0) is 45.3. The molecule has 5 heterocycles. The Bertz CT molecular complexity index is 2540. The first-order valence-corrected chi connectivity index (χ1v) is 23.5. The monoisotopic (exact) mass is 880 g/mol. The lowest BCUT2D eigenvalue weighted by Crippen LogP contribution is -2.57. The number of alkyl carbamates (subject to hydrolysis) is 2. The molecule has 5 fully saturated rings. The van der Waals surface area contributed by atoms with E-state index in [1.54, 1.807) is 0 Å². The zero-order valence-electron chi connectivity index (χ0n) is 38.2. The number of methoxy groups -OCH3 is 2. The number of allylic oxidation sites excluding steroid dienone is 2. The van der Waals surface area contributed by atoms with Crippen LogP contribution in [0, 0.1) is 23.7 Å². The third kappa shape index (κ3) is 8.36. The minimum Gasteiger partial charge on any atom is -0.453 e. The summed E-state index contributed by atoms with van der Waals surface area (Å²) >= 11 is 0. The van der Waals surface area contributed by atoms with Crippen LogP contribution in [0.5, 0.6) is 0 Å². The van der Waals surface area contributed by atoms with Crippen LogP contribution in [0.2, 0.25) is 0 Å². The number of aliphatic imine (C=N–C) groups is 2. The van der Waals surface area contributed by atoms with Gasteiger partial charge in [-0.2, -0.15) is 0 Å². The molecule has 4 amide bonds. The summed E-state index contributed by atoms with van der Waals surface area (Å²) in [6.45, 7) is 7.94. The summed E-state index contributed by atoms with van der Waals surface area (Å²) in [5.41, 5.74) is 8.79. The van der Waals surface area contributed by atoms with E-state index >= 15 is 0 Å². The normalized spacial score (nSPS) is 29.6. The molecular formula is C52H60N6O7. The van der Waals surface area contributed by atoms with Crippen molar-refractivity contribution in [1.82, 2.24) is 20.4 Å². The van der Waals surface area contributed by atoms with Gasteiger partial charge in [-0.15, -0.1) is 0 Å². The van der Waals surface area contributed by atoms with Crippen LogP contribution < -0.4 is 10.6 Å². The van der Waals surface area contributed by atoms with Crippen molar-refractivity contribution in [1.29, 1.82) is 0 Å². The van der Waals surface area contributed by atoms with Crippen molar-refractivity contribution in [3.63, 3.8) is 0 Å². The lowest BCUT2D eigenvalue weighted by molar-refractivity contribution is -0.138. The molecule has 2 aliphatic carbocycles. The minimum atomic E-state index is -0.676. The maximum absolute atomic E-state index is 14.5. The van der Waals surface area contributed by atoms with Gasteiger partial charge in [0.15, 0.2) is 0 Å². The number of carbonyl (C=O) groups is 4. The first kappa shape index (κ1) is 43.1. The van der Waals surface area contributed by atoms with E-state index < -0.39 is 24.3 Å². The first-order valence-electron chi connectivity index (χ1n) is 23.5. The summed E-state index contributed by atoms with van der Waals surface area (Å²) < 4.78 is 15.8. The molecule has 10 rings (SSSR count). The van der Waals surface area contributed by atoms with E-state index in [4.69, 9.17) is 24.2 Å². The van der Waals surface area contributed by atoms with Crippen molar-refractivity contribution in [3.8, 4) is 11.1 Å². The molecule has 13 nitrogen and oxygen atoms in total. The Balaban J connectivity index is 0.777. The molecule has 2 saturated carbocycles. The second-order valence-electron chi connectivity index (χ2n) is 19.8. The maximum atomic E-state index is 14.5. The van der Waals surface area contributed by atoms with E-state index in [0.29, 0.717) is 37.5 Å². The minimum absolute atomic E-state index is 0.00372. The highest BCUT2D eigenvalue weighted by atomic mass is 16.5. The molecule has 3 aromatic carbocycles. The highest BCUT2D eigenvalue weighted by Gasteiger charge is 2.58. The summed E-state index contributed by atoms with van der Waals surface area (Å²) in [4.78, 5) is 66.9. The van der Waals surface area contributed by atoms with Crippen LogP contribution in [-0.4, -0.2) is 108 Å². The van der Waals surface area contributed by atoms with E-state index in [1.165, 1.54) is 14.2 Å². The Morgan fingerprint density at radius 1 is 0.631 bits per heavy atom. The zero-order valence-corrected chi connectivity index (χ0v) is 38.2. The summed E-state index contributed by atoms with van der Waals surface area (Å²) in [5, 5.41) is 7.98. The molecule has 0 bridgehead atoms. The molecule has 0 aromatic heterocycles. The maximum Gasteiger partial charge on any atom is 0.407 e. The van der Waals surface area contributed by atoms with Crippen LogP contribution in [-0.2, 0) is 23.8 Å². The Morgan fingerprint density at radius 2 is 1.12 bits per heavy atom. The third-order valence-corrected chi connectivity index (χ3v) is 15.1. The van der Waals surface area contributed by atoms with E-state index in [2.05, 4.69) is 71.3 Å². The molecule has 0 radical (unpaired) electrons. The molecule has 0 spiro atoms. The number of benzene rings is 3. The lowest BCUT2D eigenvalue weighted by Gasteiger charge is -2.39. The Labute approximate surface area is 380 Å². The van der Waals surface area contributed by atoms with Crippen LogP contribution in [0.3, 0.4) is 0 Å². The second kappa shape index (κ2) is 17.2. The number of hydrogen-bond acceptors (Lipinski definition) is 9. The molecule has 2 unspecified atom stereocenters. The van der Waals surface area contributed by atoms with Crippen molar-refractivity contribution < 1.29 is 33.4 Å². The average Bonchev–Trinajstić information content (AvgIpc) is 3.89. The quantitative estimate of drug-likeness (QED) is 0.197. The van der Waals surface area contributed by atoms with E-state index in [0.717, 1.165) is 81.3 Å². The number of nitrogens with one attached hydrogen (secondary N) is 2. The van der Waals surface area contributed by atoms with Gasteiger partial charge in [-0.1, -0.05) is 62.4 Å². The van der Waals surface area contributed by atoms with E-state index in [-0.39, 0.29) is 60.0 Å². The summed E-state index contributed by atoms with van der Waals surface area (Å²) in [5.74, 6) is 0.745. The fraction of sp³-hybridized carbons (Fsp3) is 0.500. The van der Waals surface area contributed by atoms with Gasteiger partial charge in [0.25, 0.3) is 0 Å². The number of carbonyl (C=O) groups excluding carboxylic acids is 4. The highest BCUT2D eigenvalue weighted by molar-refractivity contribution is 6.06. The molecular weight excluding hydrogens is 821 g/mol. The molecule has 7 aliphatic rings. The first-order chi connectivity index (χ1) is 31.4. The fourth-order valence-electron chi connectivity index (χ4n) is 11.6. The van der Waals surface area contributed by atoms with Crippen LogP contribution >= 0.6 is 0 Å². The summed E-state index contributed by atoms with van der Waals surface area (Å²) in [6.07, 6.45) is 9.32. The van der Waals surface area contributed by atoms with E-state index in [9.17, 15) is 19.2 Å². The number of likely N-dealkylation sites (tertiary alicyclic amines) is 2. The number of hydrogen-bond donors (Lipinski definition) is 2. The van der Waals surface area contributed by atoms with Crippen LogP contribution in [0.15, 0.2) is 83.0 Å². The van der Waals surface area contributed by atoms with Crippen molar-refractivity contribution in [2.45, 2.75) is 128 Å². The molecule has 340 valence electrons. The van der Waals surface area contributed by atoms with Crippen molar-refractivity contribution in [3.05, 3.63) is 84.2 Å². The number of nitrogens with zero attached hydrogens (tertiary/aromatic N) is 4. The number of amides is 4. The van der Waals surface area contributed by atoms with Crippen molar-refractivity contribution >= 4 is 57.3 Å². The van der Waals surface area contributed by atoms with Crippen molar-refractivity contribution in [2.75, 3.05) is 14.2 Å². The van der Waals surface area contributed by atoms with Gasteiger partial charge in [0, 0.05) is 48.7 Å². The van der Waals surface area contributed by atoms with Gasteiger partial charge < -0.3 is 34.6 Å². The summed E-state index contributed by atoms with van der Waals surface area (Å²) in [7, 11) is 2.65. The number of piperidine rings is 2. The number of fused-ring (bicyclic) bond motifs is 3. The van der Waals surface area contributed by atoms with Crippen LogP contribution in [0.4, 0.5) is 9.59 Å². The number of rotatable bonds is 11. The van der Waals surface area contributed by atoms with Gasteiger partial charge in [-0.05, 0) is 132 Å². The Kier molecular flexibility index (Phi) is 11.4. The highest BCUT2D eigenvalue weighted by Crippen LogP contribution is 2.51. The lowest BCUT2D eigenvalue weighted by atomic mass is 9.85. The smallest absolute Gasteiger partial charge is 0.407 e. The van der Waals surface area contributed by atoms with E-state index in [1.807, 2.05) is 49.9 Å². The molecule has 2 N–H and O–H groups in total. The van der Waals surface area contributed by atoms with Gasteiger partial charge in [0.2, 0.25) is 11.8 Å². The molecule has 65 heavy (non-hydrogen) atoms. The summed E-state index contributed by atoms with van der Waals surface area (Å²) in [6, 6.07) is 20.7. The predicted molar refractivity (Wildman–Crippen MR) is 250 cm³/mol. The molecule has 5 aliphatic heterocycles. The second-order valence-corrected chi connectivity index (χ2v) is 19.8. The van der Waals surface area contributed by atoms with Crippen LogP contribution in [0.1, 0.15) is 90.2 Å². The Hall–Kier alpha value is -5.82. The molecule has 3 saturated heterocycles. The molecule has 3 aromatic rings. The van der Waals surface area contributed by atoms with Crippen LogP contribution in [0.25, 0.3) is 33.0 Å². The Morgan fingerprint density at radius 3 is 1.69 bits per heavy atom. The molecule has 13 heteroatoms. The molecule has 11 atom stereocenters. The largest absolute Gasteiger partial charge is 0.453 e. The van der Waals surface area contributed by atoms with Crippen molar-refractivity contribution in [2.24, 2.45) is 33.7 Å².